The van der Waals surface area contributed by atoms with Crippen molar-refractivity contribution in [3.05, 3.63) is 81.8 Å². The highest BCUT2D eigenvalue weighted by atomic mass is 19.2. The highest BCUT2D eigenvalue weighted by molar-refractivity contribution is 5.95. The largest absolute Gasteiger partial charge is 0.449 e. The van der Waals surface area contributed by atoms with Gasteiger partial charge < -0.3 is 15.0 Å². The van der Waals surface area contributed by atoms with Crippen LogP contribution in [0.2, 0.25) is 0 Å². The number of halogens is 4. The van der Waals surface area contributed by atoms with Crippen LogP contribution in [0, 0.1) is 23.3 Å². The summed E-state index contributed by atoms with van der Waals surface area (Å²) in [6.07, 6.45) is 1.65. The average Bonchev–Trinajstić information content (AvgIpc) is 3.06. The quantitative estimate of drug-likeness (QED) is 0.667. The molecule has 0 atom stereocenters. The number of rotatable bonds is 4. The first-order valence-electron chi connectivity index (χ1n) is 8.48. The second-order valence-electron chi connectivity index (χ2n) is 6.44. The fourth-order valence-electron chi connectivity index (χ4n) is 3.05. The number of nitrogens with two attached hydrogens (primary N) is 1. The molecule has 0 bridgehead atoms. The summed E-state index contributed by atoms with van der Waals surface area (Å²) in [4.78, 5) is 16.3. The summed E-state index contributed by atoms with van der Waals surface area (Å²) in [6.45, 7) is 0.0478. The molecule has 0 fully saturated rings. The molecule has 9 heteroatoms. The van der Waals surface area contributed by atoms with Gasteiger partial charge in [-0.3, -0.25) is 9.79 Å². The number of pyridine rings is 1. The number of benzene rings is 2. The average molecular weight is 403 g/mol. The minimum atomic E-state index is -1.35. The van der Waals surface area contributed by atoms with Crippen molar-refractivity contribution in [3.63, 3.8) is 0 Å². The Morgan fingerprint density at radius 1 is 1.10 bits per heavy atom. The fourth-order valence-corrected chi connectivity index (χ4v) is 3.05. The van der Waals surface area contributed by atoms with E-state index in [9.17, 15) is 22.4 Å². The normalized spacial score (nSPS) is 12.6. The summed E-state index contributed by atoms with van der Waals surface area (Å²) in [5.74, 6) is -5.55. The van der Waals surface area contributed by atoms with Crippen molar-refractivity contribution in [3.8, 4) is 11.5 Å². The maximum absolute atomic E-state index is 14.4. The molecule has 4 rings (SSSR count). The maximum Gasteiger partial charge on any atom is 0.274 e. The number of hydrogen-bond donors (Lipinski definition) is 1. The molecular formula is C20H13F4N3O2. The Kier molecular flexibility index (Phi) is 4.57. The van der Waals surface area contributed by atoms with Crippen LogP contribution >= 0.6 is 0 Å². The van der Waals surface area contributed by atoms with Crippen LogP contribution in [0.1, 0.15) is 5.56 Å². The van der Waals surface area contributed by atoms with E-state index in [2.05, 4.69) is 4.99 Å². The van der Waals surface area contributed by atoms with Crippen molar-refractivity contribution in [1.82, 2.24) is 4.57 Å². The third-order valence-corrected chi connectivity index (χ3v) is 4.40. The Labute approximate surface area is 161 Å². The summed E-state index contributed by atoms with van der Waals surface area (Å²) in [6, 6.07) is 6.47. The first-order valence-corrected chi connectivity index (χ1v) is 8.48. The molecule has 0 aliphatic carbocycles. The summed E-state index contributed by atoms with van der Waals surface area (Å²) >= 11 is 0. The van der Waals surface area contributed by atoms with Crippen molar-refractivity contribution in [1.29, 1.82) is 0 Å². The number of hydrogen-bond acceptors (Lipinski definition) is 4. The molecule has 148 valence electrons. The van der Waals surface area contributed by atoms with Gasteiger partial charge in [0.15, 0.2) is 23.1 Å². The molecule has 1 aromatic heterocycles. The number of anilines is 1. The Morgan fingerprint density at radius 3 is 2.66 bits per heavy atom. The molecule has 1 aliphatic heterocycles. The zero-order chi connectivity index (χ0) is 20.7. The Hall–Kier alpha value is -3.62. The van der Waals surface area contributed by atoms with E-state index in [4.69, 9.17) is 10.5 Å². The standard InChI is InChI=1S/C20H13F4N3O2/c21-11-3-4-16(13(22)8-11)29-19-17(24)14(23)7-10-6-12(26-18(10)19)9-27-5-1-2-15(25)20(27)28/h1-5,7-8H,6,9,25H2. The smallest absolute Gasteiger partial charge is 0.274 e. The van der Waals surface area contributed by atoms with E-state index in [1.807, 2.05) is 0 Å². The number of ether oxygens (including phenoxy) is 1. The molecule has 0 saturated carbocycles. The number of nitrogen functional groups attached to an aromatic ring is 1. The molecule has 29 heavy (non-hydrogen) atoms. The van der Waals surface area contributed by atoms with Crippen LogP contribution in [0.15, 0.2) is 52.4 Å². The van der Waals surface area contributed by atoms with Gasteiger partial charge in [-0.1, -0.05) is 0 Å². The first kappa shape index (κ1) is 18.7. The van der Waals surface area contributed by atoms with Crippen LogP contribution in [0.5, 0.6) is 11.5 Å². The van der Waals surface area contributed by atoms with Crippen molar-refractivity contribution in [2.75, 3.05) is 5.73 Å². The lowest BCUT2D eigenvalue weighted by Crippen LogP contribution is -2.25. The highest BCUT2D eigenvalue weighted by Gasteiger charge is 2.26. The summed E-state index contributed by atoms with van der Waals surface area (Å²) in [7, 11) is 0. The second-order valence-corrected chi connectivity index (χ2v) is 6.44. The van der Waals surface area contributed by atoms with Gasteiger partial charge in [-0.25, -0.2) is 13.2 Å². The molecule has 1 aliphatic rings. The Balaban J connectivity index is 1.72. The van der Waals surface area contributed by atoms with E-state index in [1.54, 1.807) is 6.07 Å². The van der Waals surface area contributed by atoms with Crippen LogP contribution in [-0.2, 0) is 13.0 Å². The summed E-state index contributed by atoms with van der Waals surface area (Å²) in [5, 5.41) is 0. The van der Waals surface area contributed by atoms with Crippen LogP contribution in [0.3, 0.4) is 0 Å². The maximum atomic E-state index is 14.4. The van der Waals surface area contributed by atoms with Gasteiger partial charge in [0.25, 0.3) is 5.56 Å². The van der Waals surface area contributed by atoms with Crippen LogP contribution < -0.4 is 16.0 Å². The van der Waals surface area contributed by atoms with Crippen LogP contribution in [-0.4, -0.2) is 10.3 Å². The van der Waals surface area contributed by atoms with E-state index in [0.717, 1.165) is 18.2 Å². The molecule has 0 saturated heterocycles. The minimum Gasteiger partial charge on any atom is -0.449 e. The highest BCUT2D eigenvalue weighted by Crippen LogP contribution is 2.42. The number of nitrogens with zero attached hydrogens (tertiary/aromatic N) is 2. The fraction of sp³-hybridized carbons (Fsp3) is 0.100. The predicted molar refractivity (Wildman–Crippen MR) is 98.7 cm³/mol. The topological polar surface area (TPSA) is 69.6 Å². The molecule has 2 aromatic carbocycles. The van der Waals surface area contributed by atoms with Crippen molar-refractivity contribution >= 4 is 17.1 Å². The Morgan fingerprint density at radius 2 is 1.90 bits per heavy atom. The number of aliphatic imine (C=N–C) groups is 1. The third-order valence-electron chi connectivity index (χ3n) is 4.40. The van der Waals surface area contributed by atoms with Gasteiger partial charge in [0.1, 0.15) is 11.5 Å². The monoisotopic (exact) mass is 403 g/mol. The van der Waals surface area contributed by atoms with Gasteiger partial charge in [0.2, 0.25) is 5.82 Å². The lowest BCUT2D eigenvalue weighted by molar-refractivity contribution is 0.396. The molecule has 2 N–H and O–H groups in total. The number of fused-ring (bicyclic) bond motifs is 1. The minimum absolute atomic E-state index is 0.0143. The number of aromatic nitrogens is 1. The molecule has 5 nitrogen and oxygen atoms in total. The van der Waals surface area contributed by atoms with Gasteiger partial charge in [-0.2, -0.15) is 4.39 Å². The molecule has 3 aromatic rings. The molecule has 0 amide bonds. The summed E-state index contributed by atoms with van der Waals surface area (Å²) in [5.41, 5.74) is 5.96. The van der Waals surface area contributed by atoms with E-state index in [0.29, 0.717) is 17.3 Å². The molecular weight excluding hydrogens is 390 g/mol. The predicted octanol–water partition coefficient (Wildman–Crippen LogP) is 4.11. The lowest BCUT2D eigenvalue weighted by Gasteiger charge is -2.11. The van der Waals surface area contributed by atoms with Gasteiger partial charge in [-0.05, 0) is 35.9 Å². The van der Waals surface area contributed by atoms with Gasteiger partial charge in [0.05, 0.1) is 12.2 Å². The SMILES string of the molecule is Nc1cccn(CC2=Nc3c(cc(F)c(F)c3Oc3ccc(F)cc3F)C2)c1=O. The molecule has 2 heterocycles. The lowest BCUT2D eigenvalue weighted by atomic mass is 10.1. The van der Waals surface area contributed by atoms with Gasteiger partial charge >= 0.3 is 0 Å². The second kappa shape index (κ2) is 7.08. The van der Waals surface area contributed by atoms with Crippen LogP contribution in [0.4, 0.5) is 28.9 Å². The van der Waals surface area contributed by atoms with Gasteiger partial charge in [0, 0.05) is 24.4 Å². The molecule has 0 unspecified atom stereocenters. The van der Waals surface area contributed by atoms with E-state index >= 15 is 0 Å². The van der Waals surface area contributed by atoms with Crippen LogP contribution in [0.25, 0.3) is 0 Å². The Bertz CT molecular complexity index is 1220. The van der Waals surface area contributed by atoms with Crippen molar-refractivity contribution in [2.24, 2.45) is 4.99 Å². The zero-order valence-corrected chi connectivity index (χ0v) is 14.8. The van der Waals surface area contributed by atoms with Gasteiger partial charge in [-0.15, -0.1) is 0 Å². The zero-order valence-electron chi connectivity index (χ0n) is 14.8. The third kappa shape index (κ3) is 3.46. The van der Waals surface area contributed by atoms with E-state index < -0.39 is 40.3 Å². The van der Waals surface area contributed by atoms with Crippen molar-refractivity contribution < 1.29 is 22.3 Å². The van der Waals surface area contributed by atoms with E-state index in [1.165, 1.54) is 16.8 Å². The molecule has 0 radical (unpaired) electrons. The first-order chi connectivity index (χ1) is 13.8. The van der Waals surface area contributed by atoms with E-state index in [-0.39, 0.29) is 24.3 Å². The molecule has 0 spiro atoms. The van der Waals surface area contributed by atoms with Crippen molar-refractivity contribution in [2.45, 2.75) is 13.0 Å². The summed E-state index contributed by atoms with van der Waals surface area (Å²) < 4.78 is 61.9.